The fourth-order valence-electron chi connectivity index (χ4n) is 3.08. The number of imidazole rings is 1. The minimum Gasteiger partial charge on any atom is -0.492 e. The summed E-state index contributed by atoms with van der Waals surface area (Å²) in [5.74, 6) is 0.902. The van der Waals surface area contributed by atoms with Gasteiger partial charge < -0.3 is 18.7 Å². The summed E-state index contributed by atoms with van der Waals surface area (Å²) in [7, 11) is 0. The van der Waals surface area contributed by atoms with Crippen molar-refractivity contribution in [2.24, 2.45) is 5.92 Å². The highest BCUT2D eigenvalue weighted by molar-refractivity contribution is 5.91. The predicted octanol–water partition coefficient (Wildman–Crippen LogP) is 1.93. The van der Waals surface area contributed by atoms with Crippen molar-refractivity contribution in [3.63, 3.8) is 0 Å². The number of aromatic nitrogens is 4. The third-order valence-corrected chi connectivity index (χ3v) is 4.33. The molecular formula is C18H19N5O3. The molecule has 0 aromatic carbocycles. The zero-order valence-electron chi connectivity index (χ0n) is 14.4. The van der Waals surface area contributed by atoms with Crippen LogP contribution in [0.15, 0.2) is 47.6 Å². The molecule has 0 spiro atoms. The van der Waals surface area contributed by atoms with E-state index >= 15 is 0 Å². The van der Waals surface area contributed by atoms with Gasteiger partial charge in [-0.3, -0.25) is 9.78 Å². The molecule has 1 aliphatic rings. The Balaban J connectivity index is 1.52. The van der Waals surface area contributed by atoms with E-state index in [1.807, 2.05) is 12.1 Å². The van der Waals surface area contributed by atoms with Gasteiger partial charge in [-0.05, 0) is 19.1 Å². The van der Waals surface area contributed by atoms with Crippen LogP contribution in [-0.4, -0.2) is 43.7 Å². The Hall–Kier alpha value is -3.16. The Bertz CT molecular complexity index is 889. The first-order chi connectivity index (χ1) is 12.7. The van der Waals surface area contributed by atoms with Crippen LogP contribution in [0.25, 0.3) is 0 Å². The minimum atomic E-state index is -0.174. The van der Waals surface area contributed by atoms with Crippen LogP contribution in [0, 0.1) is 12.8 Å². The fourth-order valence-corrected chi connectivity index (χ4v) is 3.08. The molecule has 8 heteroatoms. The molecule has 0 N–H and O–H groups in total. The van der Waals surface area contributed by atoms with Crippen molar-refractivity contribution >= 4 is 5.91 Å². The van der Waals surface area contributed by atoms with Gasteiger partial charge in [-0.15, -0.1) is 0 Å². The Morgan fingerprint density at radius 3 is 3.04 bits per heavy atom. The summed E-state index contributed by atoms with van der Waals surface area (Å²) in [5.41, 5.74) is 1.67. The van der Waals surface area contributed by atoms with Crippen molar-refractivity contribution in [1.29, 1.82) is 0 Å². The van der Waals surface area contributed by atoms with Crippen LogP contribution in [0.3, 0.4) is 0 Å². The summed E-state index contributed by atoms with van der Waals surface area (Å²) in [6.45, 7) is 4.03. The average Bonchev–Trinajstić information content (AvgIpc) is 3.24. The largest absolute Gasteiger partial charge is 0.492 e. The van der Waals surface area contributed by atoms with E-state index in [4.69, 9.17) is 9.26 Å². The molecule has 0 bridgehead atoms. The molecular weight excluding hydrogens is 334 g/mol. The summed E-state index contributed by atoms with van der Waals surface area (Å²) < 4.78 is 13.1. The molecule has 0 saturated carbocycles. The lowest BCUT2D eigenvalue weighted by Crippen LogP contribution is -2.35. The zero-order chi connectivity index (χ0) is 17.9. The highest BCUT2D eigenvalue weighted by Gasteiger charge is 2.28. The minimum absolute atomic E-state index is 0.110. The second-order valence-corrected chi connectivity index (χ2v) is 6.42. The summed E-state index contributed by atoms with van der Waals surface area (Å²) in [6.07, 6.45) is 6.96. The summed E-state index contributed by atoms with van der Waals surface area (Å²) in [6, 6.07) is 5.36. The number of ether oxygens (including phenoxy) is 1. The van der Waals surface area contributed by atoms with Gasteiger partial charge in [0.25, 0.3) is 5.91 Å². The van der Waals surface area contributed by atoms with Crippen molar-refractivity contribution in [2.45, 2.75) is 20.0 Å². The molecule has 4 heterocycles. The van der Waals surface area contributed by atoms with Gasteiger partial charge in [-0.2, -0.15) is 0 Å². The molecule has 0 radical (unpaired) electrons. The van der Waals surface area contributed by atoms with Crippen LogP contribution >= 0.6 is 0 Å². The third kappa shape index (κ3) is 3.44. The highest BCUT2D eigenvalue weighted by atomic mass is 16.5. The van der Waals surface area contributed by atoms with Gasteiger partial charge in [-0.1, -0.05) is 5.16 Å². The number of hydrogen-bond donors (Lipinski definition) is 0. The first kappa shape index (κ1) is 16.3. The summed E-state index contributed by atoms with van der Waals surface area (Å²) in [4.78, 5) is 22.9. The molecule has 4 rings (SSSR count). The van der Waals surface area contributed by atoms with Gasteiger partial charge >= 0.3 is 0 Å². The number of rotatable bonds is 4. The van der Waals surface area contributed by atoms with E-state index in [0.29, 0.717) is 31.1 Å². The lowest BCUT2D eigenvalue weighted by Gasteiger charge is -2.23. The second kappa shape index (κ2) is 6.99. The maximum atomic E-state index is 12.8. The second-order valence-electron chi connectivity index (χ2n) is 6.42. The maximum Gasteiger partial charge on any atom is 0.292 e. The van der Waals surface area contributed by atoms with Crippen molar-refractivity contribution in [3.8, 4) is 5.75 Å². The quantitative estimate of drug-likeness (QED) is 0.712. The fraction of sp³-hybridized carbons (Fsp3) is 0.333. The van der Waals surface area contributed by atoms with Crippen LogP contribution in [-0.2, 0) is 13.1 Å². The molecule has 26 heavy (non-hydrogen) atoms. The van der Waals surface area contributed by atoms with Gasteiger partial charge in [0.1, 0.15) is 5.75 Å². The van der Waals surface area contributed by atoms with Gasteiger partial charge in [0.2, 0.25) is 5.76 Å². The molecule has 1 atom stereocenters. The lowest BCUT2D eigenvalue weighted by molar-refractivity contribution is 0.0659. The van der Waals surface area contributed by atoms with E-state index in [9.17, 15) is 4.79 Å². The van der Waals surface area contributed by atoms with Gasteiger partial charge in [-0.25, -0.2) is 4.98 Å². The summed E-state index contributed by atoms with van der Waals surface area (Å²) in [5, 5.41) is 3.81. The van der Waals surface area contributed by atoms with Crippen molar-refractivity contribution in [1.82, 2.24) is 24.6 Å². The van der Waals surface area contributed by atoms with Crippen LogP contribution in [0.4, 0.5) is 0 Å². The first-order valence-corrected chi connectivity index (χ1v) is 8.43. The van der Waals surface area contributed by atoms with E-state index in [0.717, 1.165) is 12.2 Å². The number of carbonyl (C=O) groups is 1. The van der Waals surface area contributed by atoms with E-state index in [2.05, 4.69) is 19.7 Å². The number of hydrogen-bond acceptors (Lipinski definition) is 6. The molecule has 0 unspecified atom stereocenters. The van der Waals surface area contributed by atoms with E-state index in [1.165, 1.54) is 0 Å². The van der Waals surface area contributed by atoms with Gasteiger partial charge in [0, 0.05) is 37.5 Å². The van der Waals surface area contributed by atoms with Crippen molar-refractivity contribution in [2.75, 3.05) is 13.2 Å². The van der Waals surface area contributed by atoms with Crippen LogP contribution < -0.4 is 4.74 Å². The van der Waals surface area contributed by atoms with Gasteiger partial charge in [0.05, 0.1) is 37.1 Å². The molecule has 8 nitrogen and oxygen atoms in total. The van der Waals surface area contributed by atoms with E-state index < -0.39 is 0 Å². The smallest absolute Gasteiger partial charge is 0.292 e. The molecule has 1 aliphatic heterocycles. The van der Waals surface area contributed by atoms with Crippen molar-refractivity contribution in [3.05, 3.63) is 60.3 Å². The van der Waals surface area contributed by atoms with E-state index in [1.54, 1.807) is 42.8 Å². The SMILES string of the molecule is Cc1cc(C(=O)N2Cc3cncn3C[C@@H](COc3cccnc3)C2)on1. The molecule has 1 amide bonds. The zero-order valence-corrected chi connectivity index (χ0v) is 14.4. The monoisotopic (exact) mass is 353 g/mol. The highest BCUT2D eigenvalue weighted by Crippen LogP contribution is 2.20. The Labute approximate surface area is 150 Å². The molecule has 0 saturated heterocycles. The maximum absolute atomic E-state index is 12.8. The average molecular weight is 353 g/mol. The van der Waals surface area contributed by atoms with Crippen LogP contribution in [0.1, 0.15) is 21.9 Å². The Morgan fingerprint density at radius 2 is 2.27 bits per heavy atom. The van der Waals surface area contributed by atoms with Crippen molar-refractivity contribution < 1.29 is 14.1 Å². The number of aryl methyl sites for hydroxylation is 1. The predicted molar refractivity (Wildman–Crippen MR) is 91.4 cm³/mol. The number of fused-ring (bicyclic) bond motifs is 1. The molecule has 3 aromatic heterocycles. The van der Waals surface area contributed by atoms with Crippen LogP contribution in [0.2, 0.25) is 0 Å². The molecule has 134 valence electrons. The number of pyridine rings is 1. The van der Waals surface area contributed by atoms with Gasteiger partial charge in [0.15, 0.2) is 0 Å². The standard InChI is InChI=1S/C18H19N5O3/c1-13-5-17(26-21-13)18(24)22-8-14(9-23-12-20-6-15(23)10-22)11-25-16-3-2-4-19-7-16/h2-7,12,14H,8-11H2,1H3/t14-/m0/s1. The third-order valence-electron chi connectivity index (χ3n) is 4.33. The lowest BCUT2D eigenvalue weighted by atomic mass is 10.1. The Kier molecular flexibility index (Phi) is 4.39. The molecule has 0 aliphatic carbocycles. The van der Waals surface area contributed by atoms with Crippen LogP contribution in [0.5, 0.6) is 5.75 Å². The number of nitrogens with zero attached hydrogens (tertiary/aromatic N) is 5. The first-order valence-electron chi connectivity index (χ1n) is 8.43. The molecule has 3 aromatic rings. The number of amides is 1. The van der Waals surface area contributed by atoms with E-state index in [-0.39, 0.29) is 17.6 Å². The number of carbonyl (C=O) groups excluding carboxylic acids is 1. The molecule has 0 fully saturated rings. The Morgan fingerprint density at radius 1 is 1.35 bits per heavy atom. The topological polar surface area (TPSA) is 86.3 Å². The normalized spacial score (nSPS) is 16.8. The summed E-state index contributed by atoms with van der Waals surface area (Å²) >= 11 is 0.